The van der Waals surface area contributed by atoms with E-state index in [9.17, 15) is 62.7 Å². The van der Waals surface area contributed by atoms with E-state index in [0.717, 1.165) is 17.2 Å². The molecule has 12 N–H and O–H groups in total. The number of nitrogens with zero attached hydrogens (tertiary/aromatic N) is 4. The van der Waals surface area contributed by atoms with E-state index in [1.165, 1.54) is 13.8 Å². The van der Waals surface area contributed by atoms with Crippen LogP contribution >= 0.6 is 36.1 Å². The van der Waals surface area contributed by atoms with Crippen LogP contribution in [0, 0.1) is 5.41 Å². The number of imidazole rings is 1. The van der Waals surface area contributed by atoms with Crippen LogP contribution in [-0.4, -0.2) is 140 Å². The smallest absolute Gasteiger partial charge is 0.481 e. The maximum absolute atomic E-state index is 12.6. The molecule has 0 radical (unpaired) electrons. The lowest BCUT2D eigenvalue weighted by atomic mass is 9.87. The summed E-state index contributed by atoms with van der Waals surface area (Å²) in [5, 5.41) is 41.5. The Kier molecular flexibility index (Phi) is 17.7. The summed E-state index contributed by atoms with van der Waals surface area (Å²) in [6.07, 6.45) is -7.55. The number of hydrogen-bond donors (Lipinski definition) is 12. The Morgan fingerprint density at radius 3 is 2.20 bits per heavy atom. The maximum atomic E-state index is 12.6. The number of rotatable bonds is 20. The molecule has 55 heavy (non-hydrogen) atoms. The van der Waals surface area contributed by atoms with E-state index < -0.39 is 97.0 Å². The summed E-state index contributed by atoms with van der Waals surface area (Å²) in [6, 6.07) is 0. The normalized spacial score (nSPS) is 21.4. The van der Waals surface area contributed by atoms with Crippen molar-refractivity contribution in [3.63, 3.8) is 0 Å². The number of ether oxygens (including phenoxy) is 1. The predicted molar refractivity (Wildman–Crippen MR) is 183 cm³/mol. The zero-order valence-corrected chi connectivity index (χ0v) is 32.2. The number of aliphatic carboxylic acids is 2. The number of aliphatic hydroxyl groups is 2. The molecule has 2 amide bonds. The van der Waals surface area contributed by atoms with Crippen molar-refractivity contribution in [1.29, 1.82) is 0 Å². The Balaban J connectivity index is 0.00000136. The zero-order valence-electron chi connectivity index (χ0n) is 28.6. The number of aliphatic hydroxyl groups excluding tert-OH is 2. The van der Waals surface area contributed by atoms with Crippen LogP contribution < -0.4 is 16.4 Å². The molecule has 1 aliphatic rings. The highest BCUT2D eigenvalue weighted by atomic mass is 32.1. The van der Waals surface area contributed by atoms with E-state index in [-0.39, 0.29) is 35.9 Å². The molecule has 1 fully saturated rings. The number of nitrogens with one attached hydrogen (secondary N) is 2. The standard InChI is InChI=1S/C21H36N7O16P3S.C3H4O4/c1-21(2,16(31)19(32)24-4-3-12(29)23-5-6-48)8-41-47(38,39)44-46(36,37)40-7-11-15(43-45(33,34)35)14(30)20(42-11)28-10-27-13-17(22)25-9-26-18(13)28;4-2(5)1-3(6)7/h9-11,14-16,20,30-31,48H,3-8H2,1-2H3,(H,23,29)(H,24,32)(H,36,37)(H,38,39)(H2,22,25,26)(H2,33,34,35);1H2,(H,4,5)(H,6,7)/t11-,14-,15-,16+,20-;/m1./s1. The van der Waals surface area contributed by atoms with E-state index in [1.807, 2.05) is 0 Å². The van der Waals surface area contributed by atoms with Crippen molar-refractivity contribution < 1.29 is 95.5 Å². The van der Waals surface area contributed by atoms with Gasteiger partial charge in [-0.1, -0.05) is 13.8 Å². The first-order valence-electron chi connectivity index (χ1n) is 15.2. The minimum absolute atomic E-state index is 0.0363. The number of anilines is 1. The molecule has 0 saturated carbocycles. The summed E-state index contributed by atoms with van der Waals surface area (Å²) < 4.78 is 61.7. The highest BCUT2D eigenvalue weighted by Crippen LogP contribution is 2.61. The molecule has 0 aliphatic carbocycles. The van der Waals surface area contributed by atoms with Gasteiger partial charge in [-0.15, -0.1) is 0 Å². The third-order valence-electron chi connectivity index (χ3n) is 6.81. The topological polar surface area (TPSA) is 421 Å². The molecule has 7 atom stereocenters. The first kappa shape index (κ1) is 48.0. The number of carbonyl (C=O) groups excluding carboxylic acids is 2. The lowest BCUT2D eigenvalue weighted by molar-refractivity contribution is -0.147. The van der Waals surface area contributed by atoms with Gasteiger partial charge in [-0.3, -0.25) is 37.3 Å². The molecule has 31 heteroatoms. The molecular weight excluding hydrogens is 831 g/mol. The predicted octanol–water partition coefficient (Wildman–Crippen LogP) is -2.12. The van der Waals surface area contributed by atoms with Gasteiger partial charge in [0.05, 0.1) is 19.5 Å². The summed E-state index contributed by atoms with van der Waals surface area (Å²) in [5.41, 5.74) is 4.30. The molecule has 2 aromatic rings. The van der Waals surface area contributed by atoms with Gasteiger partial charge in [0, 0.05) is 30.7 Å². The van der Waals surface area contributed by atoms with Gasteiger partial charge >= 0.3 is 35.4 Å². The van der Waals surface area contributed by atoms with Crippen LogP contribution in [0.25, 0.3) is 11.2 Å². The third-order valence-corrected chi connectivity index (χ3v) is 10.1. The minimum Gasteiger partial charge on any atom is -0.481 e. The molecule has 0 aromatic carbocycles. The largest absolute Gasteiger partial charge is 0.481 e. The van der Waals surface area contributed by atoms with E-state index in [2.05, 4.69) is 47.0 Å². The van der Waals surface area contributed by atoms with Crippen LogP contribution in [0.15, 0.2) is 12.7 Å². The SMILES string of the molecule is CC(C)(COP(=O)(O)OP(=O)(O)OC[C@H]1O[C@@H](n2cnc3c(N)ncnc32)[C@H](O)[C@@H]1OP(=O)(O)O)[C@@H](O)C(=O)NCCC(=O)NCCS.O=C(O)CC(=O)O. The second kappa shape index (κ2) is 20.3. The molecule has 2 unspecified atom stereocenters. The number of aromatic nitrogens is 4. The number of nitrogens with two attached hydrogens (primary N) is 1. The van der Waals surface area contributed by atoms with Crippen molar-refractivity contribution >= 4 is 76.8 Å². The lowest BCUT2D eigenvalue weighted by Gasteiger charge is -2.30. The number of carbonyl (C=O) groups is 4. The average molecular weight is 872 g/mol. The van der Waals surface area contributed by atoms with Crippen molar-refractivity contribution in [2.45, 2.75) is 57.3 Å². The van der Waals surface area contributed by atoms with Gasteiger partial charge in [0.25, 0.3) is 0 Å². The Hall–Kier alpha value is -3.17. The zero-order chi connectivity index (χ0) is 41.9. The number of nitrogen functional groups attached to an aromatic ring is 1. The molecule has 0 spiro atoms. The number of hydrogen-bond acceptors (Lipinski definition) is 19. The number of thiol groups is 1. The van der Waals surface area contributed by atoms with Crippen LogP contribution in [0.5, 0.6) is 0 Å². The van der Waals surface area contributed by atoms with Crippen molar-refractivity contribution in [3.8, 4) is 0 Å². The van der Waals surface area contributed by atoms with Crippen molar-refractivity contribution in [2.75, 3.05) is 37.8 Å². The number of fused-ring (bicyclic) bond motifs is 1. The fourth-order valence-corrected chi connectivity index (χ4v) is 7.21. The van der Waals surface area contributed by atoms with Gasteiger partial charge in [0.1, 0.15) is 42.7 Å². The summed E-state index contributed by atoms with van der Waals surface area (Å²) >= 11 is 3.95. The summed E-state index contributed by atoms with van der Waals surface area (Å²) in [7, 11) is -16.3. The fourth-order valence-electron chi connectivity index (χ4n) is 4.26. The van der Waals surface area contributed by atoms with Crippen LogP contribution in [-0.2, 0) is 55.5 Å². The molecule has 312 valence electrons. The lowest BCUT2D eigenvalue weighted by Crippen LogP contribution is -2.46. The highest BCUT2D eigenvalue weighted by molar-refractivity contribution is 7.80. The van der Waals surface area contributed by atoms with Crippen molar-refractivity contribution in [1.82, 2.24) is 30.2 Å². The average Bonchev–Trinajstić information content (AvgIpc) is 3.61. The summed E-state index contributed by atoms with van der Waals surface area (Å²) in [4.78, 5) is 93.5. The number of carboxylic acid groups (broad SMARTS) is 2. The van der Waals surface area contributed by atoms with Crippen molar-refractivity contribution in [2.24, 2.45) is 5.41 Å². The molecule has 1 saturated heterocycles. The quantitative estimate of drug-likeness (QED) is 0.0384. The Morgan fingerprint density at radius 2 is 1.64 bits per heavy atom. The van der Waals surface area contributed by atoms with Gasteiger partial charge < -0.3 is 61.1 Å². The third kappa shape index (κ3) is 15.7. The Morgan fingerprint density at radius 1 is 1.02 bits per heavy atom. The highest BCUT2D eigenvalue weighted by Gasteiger charge is 2.50. The fraction of sp³-hybridized carbons (Fsp3) is 0.625. The van der Waals surface area contributed by atoms with Gasteiger partial charge in [0.15, 0.2) is 17.7 Å². The number of carboxylic acids is 2. The van der Waals surface area contributed by atoms with E-state index in [1.54, 1.807) is 0 Å². The van der Waals surface area contributed by atoms with Gasteiger partial charge in [-0.05, 0) is 0 Å². The molecule has 2 aromatic heterocycles. The van der Waals surface area contributed by atoms with E-state index in [4.69, 9.17) is 29.7 Å². The molecule has 27 nitrogen and oxygen atoms in total. The van der Waals surface area contributed by atoms with Crippen LogP contribution in [0.1, 0.15) is 32.9 Å². The van der Waals surface area contributed by atoms with Gasteiger partial charge in [0.2, 0.25) is 11.8 Å². The molecular formula is C24H40N7O20P3S. The molecule has 1 aliphatic heterocycles. The number of phosphoric acid groups is 3. The molecule has 3 rings (SSSR count). The van der Waals surface area contributed by atoms with Gasteiger partial charge in [-0.25, -0.2) is 28.6 Å². The van der Waals surface area contributed by atoms with Crippen molar-refractivity contribution in [3.05, 3.63) is 12.7 Å². The second-order valence-electron chi connectivity index (χ2n) is 11.8. The first-order chi connectivity index (χ1) is 25.3. The Bertz CT molecular complexity index is 1800. The molecule has 3 heterocycles. The van der Waals surface area contributed by atoms with Gasteiger partial charge in [-0.2, -0.15) is 16.9 Å². The first-order valence-corrected chi connectivity index (χ1v) is 20.4. The van der Waals surface area contributed by atoms with Crippen LogP contribution in [0.4, 0.5) is 5.82 Å². The maximum Gasteiger partial charge on any atom is 0.481 e. The second-order valence-corrected chi connectivity index (χ2v) is 16.4. The monoisotopic (exact) mass is 871 g/mol. The van der Waals surface area contributed by atoms with E-state index >= 15 is 0 Å². The number of amides is 2. The minimum atomic E-state index is -5.54. The van der Waals surface area contributed by atoms with Crippen LogP contribution in [0.3, 0.4) is 0 Å². The summed E-state index contributed by atoms with van der Waals surface area (Å²) in [5.74, 6) is -3.57. The van der Waals surface area contributed by atoms with Crippen LogP contribution in [0.2, 0.25) is 0 Å². The Labute approximate surface area is 315 Å². The van der Waals surface area contributed by atoms with E-state index in [0.29, 0.717) is 12.3 Å². The summed E-state index contributed by atoms with van der Waals surface area (Å²) in [6.45, 7) is 0.723. The number of phosphoric ester groups is 3. The molecule has 0 bridgehead atoms.